The smallest absolute Gasteiger partial charge is 0.243 e. The molecule has 1 N–H and O–H groups in total. The molecule has 1 aromatic carbocycles. The molecule has 1 amide bonds. The average molecular weight is 385 g/mol. The summed E-state index contributed by atoms with van der Waals surface area (Å²) in [5.74, 6) is 0.422. The molecule has 1 aliphatic heterocycles. The van der Waals surface area contributed by atoms with Gasteiger partial charge in [-0.15, -0.1) is 10.2 Å². The number of nitrogens with zero attached hydrogens (tertiary/aromatic N) is 4. The molecule has 0 bridgehead atoms. The molecule has 0 aliphatic carbocycles. The maximum absolute atomic E-state index is 13.2. The van der Waals surface area contributed by atoms with Crippen LogP contribution in [0.2, 0.25) is 0 Å². The summed E-state index contributed by atoms with van der Waals surface area (Å²) in [6, 6.07) is 11.4. The van der Waals surface area contributed by atoms with E-state index in [9.17, 15) is 13.2 Å². The van der Waals surface area contributed by atoms with E-state index in [0.29, 0.717) is 30.1 Å². The summed E-state index contributed by atoms with van der Waals surface area (Å²) in [6.07, 6.45) is 3.30. The van der Waals surface area contributed by atoms with E-state index in [4.69, 9.17) is 0 Å². The van der Waals surface area contributed by atoms with Crippen molar-refractivity contribution < 1.29 is 13.2 Å². The van der Waals surface area contributed by atoms with E-state index in [2.05, 4.69) is 15.5 Å². The van der Waals surface area contributed by atoms with Gasteiger partial charge in [0.15, 0.2) is 11.5 Å². The first kappa shape index (κ1) is 17.6. The van der Waals surface area contributed by atoms with Crippen molar-refractivity contribution in [1.29, 1.82) is 0 Å². The minimum absolute atomic E-state index is 0.192. The molecule has 4 rings (SSSR count). The summed E-state index contributed by atoms with van der Waals surface area (Å²) in [7, 11) is -3.69. The number of amides is 1. The van der Waals surface area contributed by atoms with Crippen LogP contribution in [0.15, 0.2) is 53.6 Å². The molecular weight excluding hydrogens is 366 g/mol. The normalized spacial score (nSPS) is 18.0. The second-order valence-corrected chi connectivity index (χ2v) is 8.36. The van der Waals surface area contributed by atoms with Crippen LogP contribution in [0, 0.1) is 0 Å². The first-order chi connectivity index (χ1) is 13.0. The van der Waals surface area contributed by atoms with Gasteiger partial charge < -0.3 is 5.32 Å². The van der Waals surface area contributed by atoms with Crippen LogP contribution in [-0.4, -0.2) is 39.8 Å². The van der Waals surface area contributed by atoms with Crippen molar-refractivity contribution in [2.45, 2.75) is 30.7 Å². The number of anilines is 1. The molecule has 3 aromatic rings. The lowest BCUT2D eigenvalue weighted by atomic mass is 10.2. The van der Waals surface area contributed by atoms with E-state index in [0.717, 1.165) is 6.42 Å². The summed E-state index contributed by atoms with van der Waals surface area (Å²) in [5.41, 5.74) is 1.25. The number of sulfonamides is 1. The molecule has 1 fully saturated rings. The predicted molar refractivity (Wildman–Crippen MR) is 99.6 cm³/mol. The maximum atomic E-state index is 13.2. The van der Waals surface area contributed by atoms with Crippen molar-refractivity contribution >= 4 is 27.3 Å². The van der Waals surface area contributed by atoms with Gasteiger partial charge in [-0.25, -0.2) is 8.42 Å². The number of benzene rings is 1. The Kier molecular flexibility index (Phi) is 4.40. The van der Waals surface area contributed by atoms with Crippen molar-refractivity contribution in [2.24, 2.45) is 0 Å². The Morgan fingerprint density at radius 1 is 1.15 bits per heavy atom. The number of aromatic nitrogens is 3. The van der Waals surface area contributed by atoms with Crippen LogP contribution in [0.3, 0.4) is 0 Å². The lowest BCUT2D eigenvalue weighted by molar-refractivity contribution is -0.114. The quantitative estimate of drug-likeness (QED) is 0.743. The lowest BCUT2D eigenvalue weighted by Crippen LogP contribution is -2.31. The zero-order chi connectivity index (χ0) is 19.0. The summed E-state index contributed by atoms with van der Waals surface area (Å²) in [6.45, 7) is 1.84. The standard InChI is InChI=1S/C18H19N5O3S/c1-13(24)19-14-7-9-15(10-8-14)27(25,26)23-12-4-5-16(23)18-21-20-17-6-2-3-11-22(17)18/h2-3,6-11,16H,4-5,12H2,1H3,(H,19,24)/t16-/m1/s1. The SMILES string of the molecule is CC(=O)Nc1ccc(S(=O)(=O)N2CCC[C@@H]2c2nnc3ccccn23)cc1. The molecule has 9 heteroatoms. The number of pyridine rings is 1. The molecule has 0 unspecified atom stereocenters. The molecule has 1 saturated heterocycles. The van der Waals surface area contributed by atoms with E-state index in [1.807, 2.05) is 28.8 Å². The van der Waals surface area contributed by atoms with E-state index in [1.165, 1.54) is 23.4 Å². The van der Waals surface area contributed by atoms with Gasteiger partial charge >= 0.3 is 0 Å². The van der Waals surface area contributed by atoms with Crippen molar-refractivity contribution in [3.05, 3.63) is 54.5 Å². The lowest BCUT2D eigenvalue weighted by Gasteiger charge is -2.23. The predicted octanol–water partition coefficient (Wildman–Crippen LogP) is 2.21. The third-order valence-electron chi connectivity index (χ3n) is 4.62. The Bertz CT molecular complexity index is 1090. The van der Waals surface area contributed by atoms with E-state index >= 15 is 0 Å². The molecule has 1 atom stereocenters. The number of carbonyl (C=O) groups is 1. The highest BCUT2D eigenvalue weighted by molar-refractivity contribution is 7.89. The van der Waals surface area contributed by atoms with Crippen LogP contribution >= 0.6 is 0 Å². The van der Waals surface area contributed by atoms with Crippen LogP contribution in [0.1, 0.15) is 31.6 Å². The van der Waals surface area contributed by atoms with Crippen LogP contribution in [0.5, 0.6) is 0 Å². The first-order valence-corrected chi connectivity index (χ1v) is 10.1. The molecular formula is C18H19N5O3S. The molecule has 0 saturated carbocycles. The average Bonchev–Trinajstić information content (AvgIpc) is 3.28. The van der Waals surface area contributed by atoms with E-state index in [1.54, 1.807) is 12.1 Å². The van der Waals surface area contributed by atoms with E-state index < -0.39 is 10.0 Å². The number of fused-ring (bicyclic) bond motifs is 1. The zero-order valence-corrected chi connectivity index (χ0v) is 15.6. The molecule has 3 heterocycles. The molecule has 1 aliphatic rings. The molecule has 0 radical (unpaired) electrons. The molecule has 140 valence electrons. The van der Waals surface area contributed by atoms with Gasteiger partial charge in [-0.1, -0.05) is 6.07 Å². The van der Waals surface area contributed by atoms with Crippen LogP contribution in [0.25, 0.3) is 5.65 Å². The van der Waals surface area contributed by atoms with Gasteiger partial charge in [0.25, 0.3) is 0 Å². The van der Waals surface area contributed by atoms with Crippen molar-refractivity contribution in [3.8, 4) is 0 Å². The highest BCUT2D eigenvalue weighted by Crippen LogP contribution is 2.36. The Hall–Kier alpha value is -2.78. The monoisotopic (exact) mass is 385 g/mol. The van der Waals surface area contributed by atoms with Gasteiger partial charge in [0, 0.05) is 25.4 Å². The van der Waals surface area contributed by atoms with Crippen molar-refractivity contribution in [1.82, 2.24) is 18.9 Å². The number of hydrogen-bond acceptors (Lipinski definition) is 5. The maximum Gasteiger partial charge on any atom is 0.243 e. The fraction of sp³-hybridized carbons (Fsp3) is 0.278. The van der Waals surface area contributed by atoms with Gasteiger partial charge in [0.05, 0.1) is 10.9 Å². The van der Waals surface area contributed by atoms with Crippen molar-refractivity contribution in [2.75, 3.05) is 11.9 Å². The van der Waals surface area contributed by atoms with Gasteiger partial charge in [0.1, 0.15) is 0 Å². The molecule has 27 heavy (non-hydrogen) atoms. The second kappa shape index (κ2) is 6.75. The third-order valence-corrected chi connectivity index (χ3v) is 6.55. The zero-order valence-electron chi connectivity index (χ0n) is 14.7. The minimum atomic E-state index is -3.69. The highest BCUT2D eigenvalue weighted by atomic mass is 32.2. The molecule has 2 aromatic heterocycles. The van der Waals surface area contributed by atoms with Crippen LogP contribution in [-0.2, 0) is 14.8 Å². The Morgan fingerprint density at radius 3 is 2.67 bits per heavy atom. The Balaban J connectivity index is 1.67. The summed E-state index contributed by atoms with van der Waals surface area (Å²) in [5, 5.41) is 11.0. The Morgan fingerprint density at radius 2 is 1.93 bits per heavy atom. The van der Waals surface area contributed by atoms with Crippen LogP contribution in [0.4, 0.5) is 5.69 Å². The number of hydrogen-bond donors (Lipinski definition) is 1. The van der Waals surface area contributed by atoms with Gasteiger partial charge in [0.2, 0.25) is 15.9 Å². The van der Waals surface area contributed by atoms with Gasteiger partial charge in [-0.2, -0.15) is 4.31 Å². The summed E-state index contributed by atoms with van der Waals surface area (Å²) < 4.78 is 29.7. The van der Waals surface area contributed by atoms with Crippen molar-refractivity contribution in [3.63, 3.8) is 0 Å². The third kappa shape index (κ3) is 3.19. The second-order valence-electron chi connectivity index (χ2n) is 6.47. The number of carbonyl (C=O) groups excluding carboxylic acids is 1. The summed E-state index contributed by atoms with van der Waals surface area (Å²) in [4.78, 5) is 11.3. The minimum Gasteiger partial charge on any atom is -0.326 e. The fourth-order valence-electron chi connectivity index (χ4n) is 3.42. The van der Waals surface area contributed by atoms with E-state index in [-0.39, 0.29) is 16.8 Å². The van der Waals surface area contributed by atoms with Gasteiger partial charge in [-0.05, 0) is 49.2 Å². The largest absolute Gasteiger partial charge is 0.326 e. The number of nitrogens with one attached hydrogen (secondary N) is 1. The fourth-order valence-corrected chi connectivity index (χ4v) is 5.08. The van der Waals surface area contributed by atoms with Gasteiger partial charge in [-0.3, -0.25) is 9.20 Å². The highest BCUT2D eigenvalue weighted by Gasteiger charge is 2.38. The summed E-state index contributed by atoms with van der Waals surface area (Å²) >= 11 is 0. The Labute approximate surface area is 156 Å². The molecule has 8 nitrogen and oxygen atoms in total. The first-order valence-electron chi connectivity index (χ1n) is 8.66. The van der Waals surface area contributed by atoms with Crippen LogP contribution < -0.4 is 5.32 Å². The molecule has 0 spiro atoms. The topological polar surface area (TPSA) is 96.7 Å². The number of rotatable bonds is 4.